The first kappa shape index (κ1) is 16.7. The lowest BCUT2D eigenvalue weighted by Gasteiger charge is -2.34. The van der Waals surface area contributed by atoms with Crippen LogP contribution >= 0.6 is 27.5 Å². The summed E-state index contributed by atoms with van der Waals surface area (Å²) >= 11 is 9.35. The third kappa shape index (κ3) is 4.67. The summed E-state index contributed by atoms with van der Waals surface area (Å²) in [6.45, 7) is 0.828. The fourth-order valence-electron chi connectivity index (χ4n) is 2.39. The lowest BCUT2D eigenvalue weighted by molar-refractivity contribution is -0.138. The maximum atomic E-state index is 11.7. The molecule has 0 bridgehead atoms. The largest absolute Gasteiger partial charge is 0.481 e. The zero-order chi connectivity index (χ0) is 15.6. The molecular weight excluding hydrogens is 382 g/mol. The number of hydrogen-bond donors (Lipinski definition) is 1. The number of halogens is 2. The van der Waals surface area contributed by atoms with E-state index in [1.54, 1.807) is 6.07 Å². The molecule has 1 saturated heterocycles. The molecule has 1 atom stereocenters. The molecule has 8 heteroatoms. The molecule has 0 spiro atoms. The van der Waals surface area contributed by atoms with Crippen LogP contribution < -0.4 is 0 Å². The Hall–Kier alpha value is -0.630. The van der Waals surface area contributed by atoms with Gasteiger partial charge in [-0.3, -0.25) is 9.69 Å². The third-order valence-electron chi connectivity index (χ3n) is 3.43. The van der Waals surface area contributed by atoms with Crippen molar-refractivity contribution in [2.75, 3.05) is 18.1 Å². The number of rotatable bonds is 4. The second kappa shape index (κ2) is 6.64. The van der Waals surface area contributed by atoms with Crippen molar-refractivity contribution in [2.45, 2.75) is 19.0 Å². The number of carbonyl (C=O) groups is 1. The third-order valence-corrected chi connectivity index (χ3v) is 6.36. The van der Waals surface area contributed by atoms with E-state index in [1.165, 1.54) is 0 Å². The summed E-state index contributed by atoms with van der Waals surface area (Å²) in [5, 5.41) is 9.53. The van der Waals surface area contributed by atoms with Gasteiger partial charge in [0.15, 0.2) is 9.84 Å². The van der Waals surface area contributed by atoms with Gasteiger partial charge in [-0.2, -0.15) is 0 Å². The van der Waals surface area contributed by atoms with E-state index < -0.39 is 21.8 Å². The zero-order valence-corrected chi connectivity index (χ0v) is 14.3. The zero-order valence-electron chi connectivity index (χ0n) is 11.1. The van der Waals surface area contributed by atoms with E-state index in [9.17, 15) is 13.2 Å². The first-order valence-electron chi connectivity index (χ1n) is 6.37. The smallest absolute Gasteiger partial charge is 0.304 e. The molecule has 0 amide bonds. The Kier molecular flexibility index (Phi) is 5.29. The Morgan fingerprint density at radius 3 is 2.81 bits per heavy atom. The van der Waals surface area contributed by atoms with Gasteiger partial charge in [-0.1, -0.05) is 17.7 Å². The van der Waals surface area contributed by atoms with E-state index >= 15 is 0 Å². The second-order valence-electron chi connectivity index (χ2n) is 5.08. The van der Waals surface area contributed by atoms with E-state index in [0.717, 1.165) is 10.0 Å². The van der Waals surface area contributed by atoms with Crippen LogP contribution in [-0.2, 0) is 21.2 Å². The lowest BCUT2D eigenvalue weighted by Crippen LogP contribution is -2.48. The number of carboxylic acid groups (broad SMARTS) is 1. The molecular formula is C13H15BrClNO4S. The van der Waals surface area contributed by atoms with Gasteiger partial charge in [0.2, 0.25) is 0 Å². The Balaban J connectivity index is 2.15. The molecule has 1 heterocycles. The van der Waals surface area contributed by atoms with E-state index in [0.29, 0.717) is 18.1 Å². The van der Waals surface area contributed by atoms with Crippen LogP contribution in [0.5, 0.6) is 0 Å². The molecule has 1 N–H and O–H groups in total. The Bertz CT molecular complexity index is 650. The maximum Gasteiger partial charge on any atom is 0.304 e. The van der Waals surface area contributed by atoms with Gasteiger partial charge in [0.1, 0.15) is 0 Å². The molecule has 0 saturated carbocycles. The van der Waals surface area contributed by atoms with Gasteiger partial charge in [-0.05, 0) is 33.6 Å². The summed E-state index contributed by atoms with van der Waals surface area (Å²) in [5.41, 5.74) is 0.929. The Morgan fingerprint density at radius 2 is 2.19 bits per heavy atom. The molecule has 2 rings (SSSR count). The standard InChI is InChI=1S/C13H15BrClNO4S/c14-11-2-1-9(5-12(11)15)7-16-3-4-21(19,20)8-10(16)6-13(17)18/h1-2,5,10H,3-4,6-8H2,(H,17,18). The minimum Gasteiger partial charge on any atom is -0.481 e. The maximum absolute atomic E-state index is 11.7. The predicted molar refractivity (Wildman–Crippen MR) is 84.3 cm³/mol. The highest BCUT2D eigenvalue weighted by atomic mass is 79.9. The molecule has 1 aromatic rings. The quantitative estimate of drug-likeness (QED) is 0.844. The molecule has 1 aliphatic heterocycles. The van der Waals surface area contributed by atoms with Crippen LogP contribution in [0.4, 0.5) is 0 Å². The van der Waals surface area contributed by atoms with Gasteiger partial charge in [0.25, 0.3) is 0 Å². The Labute approximate surface area is 136 Å². The molecule has 1 aromatic carbocycles. The van der Waals surface area contributed by atoms with Crippen LogP contribution in [0.3, 0.4) is 0 Å². The average molecular weight is 397 g/mol. The van der Waals surface area contributed by atoms with Crippen molar-refractivity contribution in [2.24, 2.45) is 0 Å². The van der Waals surface area contributed by atoms with E-state index in [4.69, 9.17) is 16.7 Å². The highest BCUT2D eigenvalue weighted by Gasteiger charge is 2.32. The predicted octanol–water partition coefficient (Wildman–Crippen LogP) is 2.18. The van der Waals surface area contributed by atoms with Gasteiger partial charge < -0.3 is 5.11 Å². The van der Waals surface area contributed by atoms with Gasteiger partial charge in [-0.15, -0.1) is 0 Å². The molecule has 5 nitrogen and oxygen atoms in total. The molecule has 21 heavy (non-hydrogen) atoms. The SMILES string of the molecule is O=C(O)CC1CS(=O)(=O)CCN1Cc1ccc(Br)c(Cl)c1. The molecule has 1 aliphatic rings. The van der Waals surface area contributed by atoms with Crippen LogP contribution in [0.15, 0.2) is 22.7 Å². The van der Waals surface area contributed by atoms with Crippen molar-refractivity contribution in [3.63, 3.8) is 0 Å². The number of aliphatic carboxylic acids is 1. The first-order valence-corrected chi connectivity index (χ1v) is 9.36. The minimum atomic E-state index is -3.16. The highest BCUT2D eigenvalue weighted by Crippen LogP contribution is 2.25. The van der Waals surface area contributed by atoms with Gasteiger partial charge in [-0.25, -0.2) is 8.42 Å². The number of carboxylic acids is 1. The van der Waals surface area contributed by atoms with Crippen molar-refractivity contribution < 1.29 is 18.3 Å². The van der Waals surface area contributed by atoms with Crippen LogP contribution in [0.1, 0.15) is 12.0 Å². The second-order valence-corrected chi connectivity index (χ2v) is 8.58. The fourth-order valence-corrected chi connectivity index (χ4v) is 4.44. The van der Waals surface area contributed by atoms with E-state index in [-0.39, 0.29) is 17.9 Å². The van der Waals surface area contributed by atoms with Crippen molar-refractivity contribution in [1.82, 2.24) is 4.90 Å². The van der Waals surface area contributed by atoms with Crippen LogP contribution in [-0.4, -0.2) is 48.5 Å². The van der Waals surface area contributed by atoms with Crippen LogP contribution in [0.25, 0.3) is 0 Å². The molecule has 0 aromatic heterocycles. The average Bonchev–Trinajstić information content (AvgIpc) is 2.36. The minimum absolute atomic E-state index is 0.0629. The summed E-state index contributed by atoms with van der Waals surface area (Å²) in [6, 6.07) is 5.01. The molecule has 0 radical (unpaired) electrons. The van der Waals surface area contributed by atoms with Crippen molar-refractivity contribution in [3.8, 4) is 0 Å². The van der Waals surface area contributed by atoms with Crippen LogP contribution in [0.2, 0.25) is 5.02 Å². The molecule has 116 valence electrons. The summed E-state index contributed by atoms with van der Waals surface area (Å²) in [5.74, 6) is -1.03. The summed E-state index contributed by atoms with van der Waals surface area (Å²) < 4.78 is 24.2. The normalized spacial score (nSPS) is 22.1. The van der Waals surface area contributed by atoms with Crippen molar-refractivity contribution in [1.29, 1.82) is 0 Å². The Morgan fingerprint density at radius 1 is 1.48 bits per heavy atom. The number of benzene rings is 1. The fraction of sp³-hybridized carbons (Fsp3) is 0.462. The van der Waals surface area contributed by atoms with Gasteiger partial charge >= 0.3 is 5.97 Å². The monoisotopic (exact) mass is 395 g/mol. The van der Waals surface area contributed by atoms with Crippen molar-refractivity contribution in [3.05, 3.63) is 33.3 Å². The number of hydrogen-bond acceptors (Lipinski definition) is 4. The molecule has 0 aliphatic carbocycles. The van der Waals surface area contributed by atoms with Crippen molar-refractivity contribution >= 4 is 43.3 Å². The van der Waals surface area contributed by atoms with Gasteiger partial charge in [0, 0.05) is 23.6 Å². The number of sulfone groups is 1. The van der Waals surface area contributed by atoms with E-state index in [2.05, 4.69) is 15.9 Å². The summed E-state index contributed by atoms with van der Waals surface area (Å²) in [4.78, 5) is 12.8. The highest BCUT2D eigenvalue weighted by molar-refractivity contribution is 9.10. The number of nitrogens with zero attached hydrogens (tertiary/aromatic N) is 1. The lowest BCUT2D eigenvalue weighted by atomic mass is 10.1. The van der Waals surface area contributed by atoms with Crippen LogP contribution in [0, 0.1) is 0 Å². The topological polar surface area (TPSA) is 74.7 Å². The molecule has 1 fully saturated rings. The van der Waals surface area contributed by atoms with E-state index in [1.807, 2.05) is 17.0 Å². The summed E-state index contributed by atoms with van der Waals surface area (Å²) in [6.07, 6.45) is -0.177. The van der Waals surface area contributed by atoms with Gasteiger partial charge in [0.05, 0.1) is 22.9 Å². The summed E-state index contributed by atoms with van der Waals surface area (Å²) in [7, 11) is -3.16. The molecule has 1 unspecified atom stereocenters. The first-order chi connectivity index (χ1) is 9.77.